The molecule has 0 saturated heterocycles. The molecule has 4 N–H and O–H groups in total. The largest absolute Gasteiger partial charge is 0.478 e. The van der Waals surface area contributed by atoms with E-state index in [-0.39, 0.29) is 6.04 Å². The van der Waals surface area contributed by atoms with Gasteiger partial charge in [-0.25, -0.2) is 14.3 Å². The summed E-state index contributed by atoms with van der Waals surface area (Å²) in [5, 5.41) is 25.9. The third-order valence-electron chi connectivity index (χ3n) is 6.44. The highest BCUT2D eigenvalue weighted by atomic mass is 16.4. The Hall–Kier alpha value is -4.53. The Kier molecular flexibility index (Phi) is 7.33. The predicted octanol–water partition coefficient (Wildman–Crippen LogP) is 4.04. The standard InChI is InChI=1S/C28H31N7O2/c1-6-21(32-26-20(15-16-23(36)37)18(3)31-28(30-4)33-26)27-34(5)22-14-10-11-17(2)24(22)25(29)35(27)19-12-8-7-9-13-19/h7-16,21,29H,6H2,1-5H3,(H2-,30,31,32,33,36,37)/p+1. The fourth-order valence-corrected chi connectivity index (χ4v) is 4.64. The lowest BCUT2D eigenvalue weighted by Crippen LogP contribution is -2.46. The number of rotatable bonds is 8. The zero-order chi connectivity index (χ0) is 26.7. The topological polar surface area (TPSA) is 120 Å². The number of carbonyl (C=O) groups is 1. The summed E-state index contributed by atoms with van der Waals surface area (Å²) in [6, 6.07) is 15.7. The normalized spacial score (nSPS) is 12.1. The summed E-state index contributed by atoms with van der Waals surface area (Å²) in [6.45, 7) is 5.91. The summed E-state index contributed by atoms with van der Waals surface area (Å²) in [5.74, 6) is 0.758. The first kappa shape index (κ1) is 25.6. The SMILES string of the molecule is CCC(Nc1nc(NC)nc(C)c1C=CC(=O)O)c1n(-c2ccccc2)c(=N)c2c(C)cccc2[n+]1C. The second-order valence-electron chi connectivity index (χ2n) is 8.83. The van der Waals surface area contributed by atoms with Gasteiger partial charge >= 0.3 is 5.97 Å². The summed E-state index contributed by atoms with van der Waals surface area (Å²) in [4.78, 5) is 20.3. The van der Waals surface area contributed by atoms with Crippen molar-refractivity contribution in [2.75, 3.05) is 17.7 Å². The van der Waals surface area contributed by atoms with Crippen LogP contribution in [0.2, 0.25) is 0 Å². The van der Waals surface area contributed by atoms with Gasteiger partial charge in [0.2, 0.25) is 11.4 Å². The van der Waals surface area contributed by atoms with Crippen LogP contribution in [0.15, 0.2) is 54.6 Å². The minimum atomic E-state index is -1.05. The minimum absolute atomic E-state index is 0.268. The average Bonchev–Trinajstić information content (AvgIpc) is 2.88. The molecule has 9 nitrogen and oxygen atoms in total. The van der Waals surface area contributed by atoms with Crippen LogP contribution in [-0.2, 0) is 11.8 Å². The highest BCUT2D eigenvalue weighted by Gasteiger charge is 2.30. The van der Waals surface area contributed by atoms with E-state index in [2.05, 4.69) is 32.1 Å². The number of benzene rings is 2. The molecule has 0 amide bonds. The molecule has 37 heavy (non-hydrogen) atoms. The van der Waals surface area contributed by atoms with Gasteiger partial charge in [-0.1, -0.05) is 37.3 Å². The quantitative estimate of drug-likeness (QED) is 0.215. The molecule has 4 rings (SSSR count). The van der Waals surface area contributed by atoms with E-state index in [1.165, 1.54) is 6.08 Å². The molecule has 0 aliphatic heterocycles. The number of fused-ring (bicyclic) bond motifs is 1. The van der Waals surface area contributed by atoms with Crippen molar-refractivity contribution in [3.05, 3.63) is 82.7 Å². The van der Waals surface area contributed by atoms with Gasteiger partial charge < -0.3 is 15.7 Å². The van der Waals surface area contributed by atoms with E-state index in [1.54, 1.807) is 7.05 Å². The molecule has 0 aliphatic carbocycles. The van der Waals surface area contributed by atoms with Crippen LogP contribution in [0.4, 0.5) is 11.8 Å². The van der Waals surface area contributed by atoms with Crippen molar-refractivity contribution in [2.45, 2.75) is 33.2 Å². The molecule has 9 heteroatoms. The van der Waals surface area contributed by atoms with Crippen LogP contribution < -0.4 is 20.7 Å². The fraction of sp³-hybridized carbons (Fsp3) is 0.250. The van der Waals surface area contributed by atoms with Gasteiger partial charge in [0.25, 0.3) is 5.82 Å². The second kappa shape index (κ2) is 10.6. The van der Waals surface area contributed by atoms with Crippen molar-refractivity contribution in [2.24, 2.45) is 7.05 Å². The zero-order valence-electron chi connectivity index (χ0n) is 21.7. The molecule has 2 heterocycles. The van der Waals surface area contributed by atoms with E-state index < -0.39 is 5.97 Å². The van der Waals surface area contributed by atoms with Gasteiger partial charge in [-0.2, -0.15) is 9.55 Å². The van der Waals surface area contributed by atoms with Crippen molar-refractivity contribution in [3.8, 4) is 5.69 Å². The predicted molar refractivity (Wildman–Crippen MR) is 145 cm³/mol. The monoisotopic (exact) mass is 498 g/mol. The molecule has 0 fully saturated rings. The zero-order valence-corrected chi connectivity index (χ0v) is 21.7. The molecule has 1 atom stereocenters. The van der Waals surface area contributed by atoms with Gasteiger partial charge in [0.05, 0.1) is 18.1 Å². The van der Waals surface area contributed by atoms with Crippen molar-refractivity contribution < 1.29 is 14.5 Å². The lowest BCUT2D eigenvalue weighted by Gasteiger charge is -2.22. The number of aliphatic carboxylic acids is 1. The van der Waals surface area contributed by atoms with Crippen molar-refractivity contribution in [3.63, 3.8) is 0 Å². The summed E-state index contributed by atoms with van der Waals surface area (Å²) >= 11 is 0. The molecular weight excluding hydrogens is 466 g/mol. The molecule has 2 aromatic carbocycles. The van der Waals surface area contributed by atoms with E-state index in [0.717, 1.165) is 34.1 Å². The number of hydrogen-bond donors (Lipinski definition) is 4. The molecule has 4 aromatic rings. The van der Waals surface area contributed by atoms with Gasteiger partial charge in [-0.05, 0) is 50.1 Å². The van der Waals surface area contributed by atoms with Gasteiger partial charge in [-0.3, -0.25) is 5.41 Å². The fourth-order valence-electron chi connectivity index (χ4n) is 4.64. The maximum absolute atomic E-state index is 11.3. The average molecular weight is 499 g/mol. The lowest BCUT2D eigenvalue weighted by molar-refractivity contribution is -0.658. The van der Waals surface area contributed by atoms with E-state index in [9.17, 15) is 15.3 Å². The Morgan fingerprint density at radius 1 is 1.16 bits per heavy atom. The lowest BCUT2D eigenvalue weighted by atomic mass is 10.1. The van der Waals surface area contributed by atoms with Crippen molar-refractivity contribution >= 4 is 34.7 Å². The van der Waals surface area contributed by atoms with Gasteiger partial charge in [0.1, 0.15) is 23.1 Å². The Morgan fingerprint density at radius 3 is 2.54 bits per heavy atom. The van der Waals surface area contributed by atoms with Gasteiger partial charge in [-0.15, -0.1) is 0 Å². The first-order valence-corrected chi connectivity index (χ1v) is 12.1. The Morgan fingerprint density at radius 2 is 1.89 bits per heavy atom. The Balaban J connectivity index is 2.00. The first-order valence-electron chi connectivity index (χ1n) is 12.1. The first-order chi connectivity index (χ1) is 17.8. The number of aryl methyl sites for hydroxylation is 3. The van der Waals surface area contributed by atoms with E-state index in [4.69, 9.17) is 0 Å². The number of carboxylic acid groups (broad SMARTS) is 1. The number of nitrogens with one attached hydrogen (secondary N) is 3. The summed E-state index contributed by atoms with van der Waals surface area (Å²) in [7, 11) is 3.75. The Bertz CT molecular complexity index is 1560. The molecule has 0 aliphatic rings. The van der Waals surface area contributed by atoms with E-state index >= 15 is 0 Å². The molecular formula is C28H32N7O2+. The summed E-state index contributed by atoms with van der Waals surface area (Å²) in [5.41, 5.74) is 4.49. The molecule has 2 aromatic heterocycles. The summed E-state index contributed by atoms with van der Waals surface area (Å²) in [6.07, 6.45) is 3.27. The van der Waals surface area contributed by atoms with Crippen molar-refractivity contribution in [1.82, 2.24) is 14.5 Å². The number of anilines is 2. The smallest absolute Gasteiger partial charge is 0.328 e. The minimum Gasteiger partial charge on any atom is -0.478 e. The molecule has 0 bridgehead atoms. The maximum Gasteiger partial charge on any atom is 0.328 e. The van der Waals surface area contributed by atoms with E-state index in [1.807, 2.05) is 74.0 Å². The molecule has 0 saturated carbocycles. The number of aromatic nitrogens is 4. The number of para-hydroxylation sites is 1. The second-order valence-corrected chi connectivity index (χ2v) is 8.83. The van der Waals surface area contributed by atoms with Gasteiger partial charge in [0, 0.05) is 18.7 Å². The third kappa shape index (κ3) is 4.93. The third-order valence-corrected chi connectivity index (χ3v) is 6.44. The van der Waals surface area contributed by atoms with Crippen LogP contribution in [0, 0.1) is 19.3 Å². The molecule has 190 valence electrons. The highest BCUT2D eigenvalue weighted by Crippen LogP contribution is 2.27. The number of carboxylic acids is 1. The highest BCUT2D eigenvalue weighted by molar-refractivity contribution is 5.87. The van der Waals surface area contributed by atoms with Crippen LogP contribution in [0.3, 0.4) is 0 Å². The number of nitrogens with zero attached hydrogens (tertiary/aromatic N) is 4. The Labute approximate surface area is 215 Å². The van der Waals surface area contributed by atoms with Crippen LogP contribution in [0.1, 0.15) is 42.0 Å². The van der Waals surface area contributed by atoms with Gasteiger partial charge in [0.15, 0.2) is 0 Å². The molecule has 1 unspecified atom stereocenters. The van der Waals surface area contributed by atoms with E-state index in [0.29, 0.717) is 34.9 Å². The maximum atomic E-state index is 11.3. The van der Waals surface area contributed by atoms with Crippen LogP contribution in [0.25, 0.3) is 22.7 Å². The van der Waals surface area contributed by atoms with Crippen LogP contribution in [0.5, 0.6) is 0 Å². The summed E-state index contributed by atoms with van der Waals surface area (Å²) < 4.78 is 4.09. The molecule has 0 radical (unpaired) electrons. The van der Waals surface area contributed by atoms with Crippen LogP contribution >= 0.6 is 0 Å². The van der Waals surface area contributed by atoms with Crippen molar-refractivity contribution in [1.29, 1.82) is 5.41 Å². The van der Waals surface area contributed by atoms with Crippen LogP contribution in [-0.4, -0.2) is 32.7 Å². The molecule has 0 spiro atoms. The number of hydrogen-bond acceptors (Lipinski definition) is 6.